The Balaban J connectivity index is 4.18. The Labute approximate surface area is 74.6 Å². The number of carbonyl (C=O) groups is 1. The highest BCUT2D eigenvalue weighted by Gasteiger charge is 2.31. The molecule has 4 nitrogen and oxygen atoms in total. The van der Waals surface area contributed by atoms with Crippen molar-refractivity contribution in [2.45, 2.75) is 20.8 Å². The SMILES string of the molecule is CCOC(=O)C(C)(C)CS(=O)O. The lowest BCUT2D eigenvalue weighted by molar-refractivity contribution is -0.152. The van der Waals surface area contributed by atoms with Gasteiger partial charge in [-0.1, -0.05) is 0 Å². The van der Waals surface area contributed by atoms with Crippen molar-refractivity contribution in [1.29, 1.82) is 0 Å². The standard InChI is InChI=1S/C7H14O4S/c1-4-11-6(8)7(2,3)5-12(9)10/h4-5H2,1-3H3,(H,9,10). The van der Waals surface area contributed by atoms with Gasteiger partial charge in [-0.2, -0.15) is 0 Å². The van der Waals surface area contributed by atoms with E-state index in [9.17, 15) is 9.00 Å². The van der Waals surface area contributed by atoms with Crippen LogP contribution in [-0.4, -0.2) is 27.1 Å². The molecule has 0 heterocycles. The molecular weight excluding hydrogens is 180 g/mol. The maximum atomic E-state index is 11.1. The minimum absolute atomic E-state index is 0.0914. The van der Waals surface area contributed by atoms with Crippen LogP contribution in [0.2, 0.25) is 0 Å². The van der Waals surface area contributed by atoms with Crippen molar-refractivity contribution in [3.63, 3.8) is 0 Å². The first kappa shape index (κ1) is 11.6. The maximum Gasteiger partial charge on any atom is 0.312 e. The van der Waals surface area contributed by atoms with Crippen LogP contribution in [0.1, 0.15) is 20.8 Å². The van der Waals surface area contributed by atoms with E-state index in [0.29, 0.717) is 6.61 Å². The molecule has 1 atom stereocenters. The quantitative estimate of drug-likeness (QED) is 0.531. The smallest absolute Gasteiger partial charge is 0.312 e. The highest BCUT2D eigenvalue weighted by molar-refractivity contribution is 7.79. The monoisotopic (exact) mass is 194 g/mol. The molecule has 1 unspecified atom stereocenters. The van der Waals surface area contributed by atoms with Gasteiger partial charge in [0.1, 0.15) is 0 Å². The summed E-state index contributed by atoms with van der Waals surface area (Å²) in [4.78, 5) is 11.1. The van der Waals surface area contributed by atoms with Crippen molar-refractivity contribution in [2.75, 3.05) is 12.4 Å². The molecule has 5 heteroatoms. The van der Waals surface area contributed by atoms with Gasteiger partial charge in [-0.3, -0.25) is 4.79 Å². The van der Waals surface area contributed by atoms with E-state index in [1.807, 2.05) is 0 Å². The Morgan fingerprint density at radius 2 is 2.08 bits per heavy atom. The summed E-state index contributed by atoms with van der Waals surface area (Å²) in [6, 6.07) is 0. The molecule has 0 amide bonds. The van der Waals surface area contributed by atoms with Crippen LogP contribution in [0.4, 0.5) is 0 Å². The number of hydrogen-bond acceptors (Lipinski definition) is 3. The summed E-state index contributed by atoms with van der Waals surface area (Å²) in [5, 5.41) is 0. The van der Waals surface area contributed by atoms with Gasteiger partial charge in [-0.05, 0) is 20.8 Å². The normalized spacial score (nSPS) is 14.0. The number of hydrogen-bond donors (Lipinski definition) is 1. The van der Waals surface area contributed by atoms with Crippen LogP contribution in [0.3, 0.4) is 0 Å². The Morgan fingerprint density at radius 1 is 1.58 bits per heavy atom. The molecule has 0 aromatic carbocycles. The number of rotatable bonds is 4. The molecule has 1 N–H and O–H groups in total. The summed E-state index contributed by atoms with van der Waals surface area (Å²) < 4.78 is 23.7. The van der Waals surface area contributed by atoms with Gasteiger partial charge in [0.05, 0.1) is 17.8 Å². The summed E-state index contributed by atoms with van der Waals surface area (Å²) >= 11 is -1.96. The van der Waals surface area contributed by atoms with E-state index in [0.717, 1.165) is 0 Å². The lowest BCUT2D eigenvalue weighted by atomic mass is 9.97. The second-order valence-electron chi connectivity index (χ2n) is 3.07. The Hall–Kier alpha value is -0.420. The van der Waals surface area contributed by atoms with Gasteiger partial charge in [-0.15, -0.1) is 0 Å². The van der Waals surface area contributed by atoms with Crippen LogP contribution in [0.5, 0.6) is 0 Å². The third-order valence-corrected chi connectivity index (χ3v) is 2.28. The van der Waals surface area contributed by atoms with Gasteiger partial charge in [0.2, 0.25) is 0 Å². The van der Waals surface area contributed by atoms with Gasteiger partial charge in [0, 0.05) is 0 Å². The predicted molar refractivity (Wildman–Crippen MR) is 46.1 cm³/mol. The van der Waals surface area contributed by atoms with E-state index in [4.69, 9.17) is 9.29 Å². The van der Waals surface area contributed by atoms with Gasteiger partial charge >= 0.3 is 5.97 Å². The van der Waals surface area contributed by atoms with Gasteiger partial charge < -0.3 is 9.29 Å². The summed E-state index contributed by atoms with van der Waals surface area (Å²) in [5.41, 5.74) is -0.879. The lowest BCUT2D eigenvalue weighted by Crippen LogP contribution is -2.32. The first-order chi connectivity index (χ1) is 5.40. The molecule has 0 rings (SSSR count). The van der Waals surface area contributed by atoms with Crippen LogP contribution >= 0.6 is 0 Å². The van der Waals surface area contributed by atoms with Crippen LogP contribution < -0.4 is 0 Å². The summed E-state index contributed by atoms with van der Waals surface area (Å²) in [7, 11) is 0. The topological polar surface area (TPSA) is 63.6 Å². The third kappa shape index (κ3) is 3.82. The molecule has 0 spiro atoms. The van der Waals surface area contributed by atoms with Crippen LogP contribution in [-0.2, 0) is 20.6 Å². The fraction of sp³-hybridized carbons (Fsp3) is 0.857. The van der Waals surface area contributed by atoms with E-state index in [1.165, 1.54) is 0 Å². The fourth-order valence-electron chi connectivity index (χ4n) is 0.694. The zero-order valence-electron chi connectivity index (χ0n) is 7.49. The van der Waals surface area contributed by atoms with Gasteiger partial charge in [-0.25, -0.2) is 4.21 Å². The van der Waals surface area contributed by atoms with Crippen LogP contribution in [0, 0.1) is 5.41 Å². The molecule has 72 valence electrons. The summed E-state index contributed by atoms with van der Waals surface area (Å²) in [5.74, 6) is -0.529. The van der Waals surface area contributed by atoms with E-state index in [2.05, 4.69) is 0 Å². The fourth-order valence-corrected chi connectivity index (χ4v) is 1.43. The Morgan fingerprint density at radius 3 is 2.42 bits per heavy atom. The molecular formula is C7H14O4S. The highest BCUT2D eigenvalue weighted by atomic mass is 32.2. The van der Waals surface area contributed by atoms with E-state index >= 15 is 0 Å². The minimum Gasteiger partial charge on any atom is -0.466 e. The predicted octanol–water partition coefficient (Wildman–Crippen LogP) is 0.797. The molecule has 0 aromatic rings. The average molecular weight is 194 g/mol. The molecule has 12 heavy (non-hydrogen) atoms. The number of carbonyl (C=O) groups excluding carboxylic acids is 1. The lowest BCUT2D eigenvalue weighted by Gasteiger charge is -2.19. The first-order valence-electron chi connectivity index (χ1n) is 3.65. The molecule has 0 saturated carbocycles. The molecule has 0 aliphatic carbocycles. The summed E-state index contributed by atoms with van der Waals surface area (Å²) in [6.45, 7) is 5.16. The van der Waals surface area contributed by atoms with Gasteiger partial charge in [0.15, 0.2) is 11.1 Å². The van der Waals surface area contributed by atoms with Gasteiger partial charge in [0.25, 0.3) is 0 Å². The Kier molecular flexibility index (Phi) is 4.41. The third-order valence-electron chi connectivity index (χ3n) is 1.31. The van der Waals surface area contributed by atoms with E-state index in [-0.39, 0.29) is 5.75 Å². The highest BCUT2D eigenvalue weighted by Crippen LogP contribution is 2.18. The second kappa shape index (κ2) is 4.57. The average Bonchev–Trinajstić information content (AvgIpc) is 1.85. The maximum absolute atomic E-state index is 11.1. The van der Waals surface area contributed by atoms with Crippen molar-refractivity contribution in [3.8, 4) is 0 Å². The van der Waals surface area contributed by atoms with Crippen molar-refractivity contribution >= 4 is 17.0 Å². The molecule has 0 saturated heterocycles. The number of ether oxygens (including phenoxy) is 1. The summed E-state index contributed by atoms with van der Waals surface area (Å²) in [6.07, 6.45) is 0. The molecule has 0 aromatic heterocycles. The van der Waals surface area contributed by atoms with Crippen molar-refractivity contribution < 1.29 is 18.3 Å². The zero-order chi connectivity index (χ0) is 9.78. The van der Waals surface area contributed by atoms with Crippen molar-refractivity contribution in [2.24, 2.45) is 5.41 Å². The first-order valence-corrected chi connectivity index (χ1v) is 4.92. The Bertz CT molecular complexity index is 188. The van der Waals surface area contributed by atoms with Crippen molar-refractivity contribution in [1.82, 2.24) is 0 Å². The molecule has 0 radical (unpaired) electrons. The molecule has 0 bridgehead atoms. The minimum atomic E-state index is -1.96. The number of esters is 1. The van der Waals surface area contributed by atoms with Crippen molar-refractivity contribution in [3.05, 3.63) is 0 Å². The molecule has 0 fully saturated rings. The van der Waals surface area contributed by atoms with Crippen LogP contribution in [0.15, 0.2) is 0 Å². The van der Waals surface area contributed by atoms with E-state index in [1.54, 1.807) is 20.8 Å². The van der Waals surface area contributed by atoms with Crippen LogP contribution in [0.25, 0.3) is 0 Å². The zero-order valence-corrected chi connectivity index (χ0v) is 8.31. The van der Waals surface area contributed by atoms with E-state index < -0.39 is 22.5 Å². The second-order valence-corrected chi connectivity index (χ2v) is 4.00. The molecule has 0 aliphatic rings. The largest absolute Gasteiger partial charge is 0.466 e. The molecule has 0 aliphatic heterocycles.